The molecule has 1 atom stereocenters. The van der Waals surface area contributed by atoms with E-state index in [-0.39, 0.29) is 23.3 Å². The molecule has 1 aliphatic heterocycles. The number of aromatic nitrogens is 2. The summed E-state index contributed by atoms with van der Waals surface area (Å²) in [4.78, 5) is 12.9. The van der Waals surface area contributed by atoms with Gasteiger partial charge in [0.05, 0.1) is 16.5 Å². The maximum absolute atomic E-state index is 12.8. The van der Waals surface area contributed by atoms with Gasteiger partial charge < -0.3 is 5.32 Å². The maximum atomic E-state index is 12.8. The molecule has 1 aliphatic rings. The SMILES string of the molecule is Cc1nn(C)c(C)c1CNC(=O)[C@@H]1CCCN(S(=O)(=O)c2ccccc2)C1. The topological polar surface area (TPSA) is 84.3 Å². The van der Waals surface area contributed by atoms with Crippen LogP contribution in [0.15, 0.2) is 35.2 Å². The zero-order valence-electron chi connectivity index (χ0n) is 16.0. The van der Waals surface area contributed by atoms with Crippen molar-refractivity contribution in [1.29, 1.82) is 0 Å². The van der Waals surface area contributed by atoms with Crippen molar-refractivity contribution in [2.24, 2.45) is 13.0 Å². The fourth-order valence-corrected chi connectivity index (χ4v) is 5.05. The van der Waals surface area contributed by atoms with Crippen LogP contribution in [-0.2, 0) is 28.4 Å². The third-order valence-electron chi connectivity index (χ3n) is 5.23. The Labute approximate surface area is 160 Å². The van der Waals surface area contributed by atoms with Crippen LogP contribution in [0.5, 0.6) is 0 Å². The number of nitrogens with one attached hydrogen (secondary N) is 1. The van der Waals surface area contributed by atoms with Gasteiger partial charge in [0.15, 0.2) is 0 Å². The average Bonchev–Trinajstić information content (AvgIpc) is 2.92. The highest BCUT2D eigenvalue weighted by atomic mass is 32.2. The lowest BCUT2D eigenvalue weighted by molar-refractivity contribution is -0.126. The van der Waals surface area contributed by atoms with Gasteiger partial charge in [0.1, 0.15) is 0 Å². The highest BCUT2D eigenvalue weighted by molar-refractivity contribution is 7.89. The number of piperidine rings is 1. The summed E-state index contributed by atoms with van der Waals surface area (Å²) in [6, 6.07) is 8.38. The monoisotopic (exact) mass is 390 g/mol. The molecule has 0 aliphatic carbocycles. The molecule has 1 saturated heterocycles. The number of aryl methyl sites for hydroxylation is 2. The summed E-state index contributed by atoms with van der Waals surface area (Å²) in [5.74, 6) is -0.444. The minimum atomic E-state index is -3.57. The van der Waals surface area contributed by atoms with Crippen LogP contribution >= 0.6 is 0 Å². The quantitative estimate of drug-likeness (QED) is 0.843. The summed E-state index contributed by atoms with van der Waals surface area (Å²) in [7, 11) is -1.69. The van der Waals surface area contributed by atoms with Gasteiger partial charge in [-0.15, -0.1) is 0 Å². The van der Waals surface area contributed by atoms with Crippen LogP contribution in [0.3, 0.4) is 0 Å². The van der Waals surface area contributed by atoms with E-state index in [4.69, 9.17) is 0 Å². The molecule has 0 unspecified atom stereocenters. The van der Waals surface area contributed by atoms with E-state index in [1.165, 1.54) is 4.31 Å². The first-order chi connectivity index (χ1) is 12.8. The third kappa shape index (κ3) is 4.06. The molecule has 0 spiro atoms. The Bertz CT molecular complexity index is 922. The zero-order valence-corrected chi connectivity index (χ0v) is 16.8. The number of sulfonamides is 1. The van der Waals surface area contributed by atoms with Crippen molar-refractivity contribution >= 4 is 15.9 Å². The van der Waals surface area contributed by atoms with Gasteiger partial charge in [-0.2, -0.15) is 9.40 Å². The van der Waals surface area contributed by atoms with Crippen LogP contribution in [0.25, 0.3) is 0 Å². The molecule has 0 saturated carbocycles. The predicted octanol–water partition coefficient (Wildman–Crippen LogP) is 1.75. The molecule has 27 heavy (non-hydrogen) atoms. The first kappa shape index (κ1) is 19.6. The summed E-state index contributed by atoms with van der Waals surface area (Å²) < 4.78 is 28.8. The van der Waals surface area contributed by atoms with E-state index in [1.54, 1.807) is 35.0 Å². The van der Waals surface area contributed by atoms with Crippen LogP contribution < -0.4 is 5.32 Å². The largest absolute Gasteiger partial charge is 0.352 e. The number of rotatable bonds is 5. The standard InChI is InChI=1S/C19H26N4O3S/c1-14-18(15(2)22(3)21-14)12-20-19(24)16-8-7-11-23(13-16)27(25,26)17-9-5-4-6-10-17/h4-6,9-10,16H,7-8,11-13H2,1-3H3,(H,20,24)/t16-/m1/s1. The van der Waals surface area contributed by atoms with Gasteiger partial charge in [0.2, 0.25) is 15.9 Å². The van der Waals surface area contributed by atoms with Crippen LogP contribution in [0.2, 0.25) is 0 Å². The maximum Gasteiger partial charge on any atom is 0.243 e. The normalized spacial score (nSPS) is 18.4. The second-order valence-corrected chi connectivity index (χ2v) is 8.94. The molecule has 1 aromatic heterocycles. The number of carbonyl (C=O) groups excluding carboxylic acids is 1. The number of hydrogen-bond acceptors (Lipinski definition) is 4. The number of benzene rings is 1. The fourth-order valence-electron chi connectivity index (χ4n) is 3.51. The van der Waals surface area contributed by atoms with E-state index in [2.05, 4.69) is 10.4 Å². The van der Waals surface area contributed by atoms with Gasteiger partial charge in [0.25, 0.3) is 0 Å². The van der Waals surface area contributed by atoms with Crippen molar-refractivity contribution in [3.63, 3.8) is 0 Å². The van der Waals surface area contributed by atoms with E-state index < -0.39 is 10.0 Å². The van der Waals surface area contributed by atoms with Gasteiger partial charge in [-0.1, -0.05) is 18.2 Å². The van der Waals surface area contributed by atoms with Crippen LogP contribution in [0.1, 0.15) is 29.8 Å². The van der Waals surface area contributed by atoms with Gasteiger partial charge in [-0.3, -0.25) is 9.48 Å². The molecule has 1 amide bonds. The molecule has 2 aromatic rings. The molecular weight excluding hydrogens is 364 g/mol. The Balaban J connectivity index is 1.66. The van der Waals surface area contributed by atoms with Gasteiger partial charge >= 0.3 is 0 Å². The van der Waals surface area contributed by atoms with E-state index in [0.717, 1.165) is 17.0 Å². The number of nitrogens with zero attached hydrogens (tertiary/aromatic N) is 3. The third-order valence-corrected chi connectivity index (χ3v) is 7.11. The van der Waals surface area contributed by atoms with Crippen LogP contribution in [0.4, 0.5) is 0 Å². The minimum absolute atomic E-state index is 0.106. The van der Waals surface area contributed by atoms with Crippen LogP contribution in [-0.4, -0.2) is 41.5 Å². The Hall–Kier alpha value is -2.19. The first-order valence-corrected chi connectivity index (χ1v) is 10.6. The summed E-state index contributed by atoms with van der Waals surface area (Å²) in [5.41, 5.74) is 2.92. The summed E-state index contributed by atoms with van der Waals surface area (Å²) in [5, 5.41) is 7.32. The molecule has 1 N–H and O–H groups in total. The van der Waals surface area contributed by atoms with E-state index in [1.807, 2.05) is 20.9 Å². The van der Waals surface area contributed by atoms with Crippen molar-refractivity contribution in [3.05, 3.63) is 47.3 Å². The average molecular weight is 391 g/mol. The molecule has 7 nitrogen and oxygen atoms in total. The molecule has 8 heteroatoms. The highest BCUT2D eigenvalue weighted by Crippen LogP contribution is 2.24. The van der Waals surface area contributed by atoms with Crippen molar-refractivity contribution in [2.45, 2.75) is 38.1 Å². The van der Waals surface area contributed by atoms with E-state index in [0.29, 0.717) is 25.9 Å². The Morgan fingerprint density at radius 1 is 1.26 bits per heavy atom. The number of carbonyl (C=O) groups is 1. The first-order valence-electron chi connectivity index (χ1n) is 9.12. The lowest BCUT2D eigenvalue weighted by Crippen LogP contribution is -2.45. The van der Waals surface area contributed by atoms with Crippen molar-refractivity contribution in [3.8, 4) is 0 Å². The van der Waals surface area contributed by atoms with Gasteiger partial charge in [-0.05, 0) is 38.8 Å². The molecule has 0 radical (unpaired) electrons. The molecule has 2 heterocycles. The molecular formula is C19H26N4O3S. The van der Waals surface area contributed by atoms with E-state index in [9.17, 15) is 13.2 Å². The van der Waals surface area contributed by atoms with Gasteiger partial charge in [-0.25, -0.2) is 8.42 Å². The van der Waals surface area contributed by atoms with Crippen molar-refractivity contribution in [2.75, 3.05) is 13.1 Å². The number of hydrogen-bond donors (Lipinski definition) is 1. The van der Waals surface area contributed by atoms with Crippen molar-refractivity contribution in [1.82, 2.24) is 19.4 Å². The summed E-state index contributed by atoms with van der Waals surface area (Å²) >= 11 is 0. The van der Waals surface area contributed by atoms with Crippen molar-refractivity contribution < 1.29 is 13.2 Å². The molecule has 146 valence electrons. The minimum Gasteiger partial charge on any atom is -0.352 e. The molecule has 1 aromatic carbocycles. The highest BCUT2D eigenvalue weighted by Gasteiger charge is 2.33. The Morgan fingerprint density at radius 3 is 2.59 bits per heavy atom. The Morgan fingerprint density at radius 2 is 1.96 bits per heavy atom. The predicted molar refractivity (Wildman–Crippen MR) is 102 cm³/mol. The number of amides is 1. The molecule has 1 fully saturated rings. The Kier molecular flexibility index (Phi) is 5.67. The lowest BCUT2D eigenvalue weighted by Gasteiger charge is -2.31. The fraction of sp³-hybridized carbons (Fsp3) is 0.474. The smallest absolute Gasteiger partial charge is 0.243 e. The second-order valence-electron chi connectivity index (χ2n) is 7.01. The molecule has 0 bridgehead atoms. The zero-order chi connectivity index (χ0) is 19.6. The molecule has 3 rings (SSSR count). The lowest BCUT2D eigenvalue weighted by atomic mass is 9.98. The van der Waals surface area contributed by atoms with Crippen LogP contribution in [0, 0.1) is 19.8 Å². The van der Waals surface area contributed by atoms with E-state index >= 15 is 0 Å². The second kappa shape index (κ2) is 7.82. The van der Waals surface area contributed by atoms with Gasteiger partial charge in [0, 0.05) is 37.9 Å². The summed E-state index contributed by atoms with van der Waals surface area (Å²) in [6.45, 7) is 4.96. The summed E-state index contributed by atoms with van der Waals surface area (Å²) in [6.07, 6.45) is 1.37.